The largest absolute Gasteiger partial charge is 0.336 e. The summed E-state index contributed by atoms with van der Waals surface area (Å²) in [5, 5.41) is 0. The van der Waals surface area contributed by atoms with Crippen LogP contribution in [0.5, 0.6) is 0 Å². The fourth-order valence-corrected chi connectivity index (χ4v) is 4.49. The highest BCUT2D eigenvalue weighted by atomic mass is 32.2. The number of likely N-dealkylation sites (N-methyl/N-ethyl adjacent to an activating group) is 1. The van der Waals surface area contributed by atoms with Gasteiger partial charge in [0.05, 0.1) is 6.04 Å². The number of amides is 2. The van der Waals surface area contributed by atoms with Crippen molar-refractivity contribution < 1.29 is 18.0 Å². The Kier molecular flexibility index (Phi) is 4.63. The highest BCUT2D eigenvalue weighted by Crippen LogP contribution is 2.21. The minimum Gasteiger partial charge on any atom is -0.336 e. The predicted octanol–water partition coefficient (Wildman–Crippen LogP) is -0.190. The number of hydrogen-bond acceptors (Lipinski definition) is 4. The number of hydrogen-bond donors (Lipinski definition) is 1. The minimum absolute atomic E-state index is 0.145. The Morgan fingerprint density at radius 3 is 2.60 bits per heavy atom. The Morgan fingerprint density at radius 1 is 1.28 bits per heavy atom. The van der Waals surface area contributed by atoms with Crippen molar-refractivity contribution in [1.82, 2.24) is 13.9 Å². The second-order valence-corrected chi connectivity index (χ2v) is 7.73. The van der Waals surface area contributed by atoms with E-state index >= 15 is 0 Å². The zero-order valence-corrected chi connectivity index (χ0v) is 14.7. The van der Waals surface area contributed by atoms with Gasteiger partial charge in [-0.2, -0.15) is 12.7 Å². The normalized spacial score (nSPS) is 22.3. The van der Waals surface area contributed by atoms with Gasteiger partial charge >= 0.3 is 0 Å². The van der Waals surface area contributed by atoms with Crippen LogP contribution >= 0.6 is 0 Å². The molecule has 1 atom stereocenters. The van der Waals surface area contributed by atoms with Crippen LogP contribution in [0.1, 0.15) is 10.4 Å². The molecule has 1 aromatic carbocycles. The van der Waals surface area contributed by atoms with Crippen LogP contribution in [0.4, 0.5) is 5.69 Å². The summed E-state index contributed by atoms with van der Waals surface area (Å²) in [6.07, 6.45) is 1.22. The fourth-order valence-electron chi connectivity index (χ4n) is 3.06. The molecule has 9 heteroatoms. The summed E-state index contributed by atoms with van der Waals surface area (Å²) >= 11 is 0. The number of piperazine rings is 1. The molecule has 2 heterocycles. The number of nitrogens with one attached hydrogen (secondary N) is 1. The van der Waals surface area contributed by atoms with Crippen molar-refractivity contribution in [1.29, 1.82) is 0 Å². The lowest BCUT2D eigenvalue weighted by Crippen LogP contribution is -2.53. The van der Waals surface area contributed by atoms with E-state index in [4.69, 9.17) is 0 Å². The molecule has 0 aromatic heterocycles. The molecule has 2 aliphatic heterocycles. The van der Waals surface area contributed by atoms with Crippen LogP contribution < -0.4 is 9.62 Å². The van der Waals surface area contributed by atoms with E-state index in [-0.39, 0.29) is 17.9 Å². The summed E-state index contributed by atoms with van der Waals surface area (Å²) in [5.74, 6) is -0.377. The van der Waals surface area contributed by atoms with Crippen molar-refractivity contribution in [2.75, 3.05) is 38.1 Å². The lowest BCUT2D eigenvalue weighted by Gasteiger charge is -2.35. The van der Waals surface area contributed by atoms with Crippen LogP contribution in [0.15, 0.2) is 36.9 Å². The van der Waals surface area contributed by atoms with Gasteiger partial charge in [-0.1, -0.05) is 6.58 Å². The molecule has 0 radical (unpaired) electrons. The molecular weight excluding hydrogens is 344 g/mol. The van der Waals surface area contributed by atoms with E-state index in [1.807, 2.05) is 0 Å². The van der Waals surface area contributed by atoms with Gasteiger partial charge in [-0.05, 0) is 30.3 Å². The average molecular weight is 364 g/mol. The number of anilines is 1. The third-order valence-electron chi connectivity index (χ3n) is 4.53. The number of rotatable bonds is 3. The SMILES string of the molecule is C=CC(=O)N(C)c1ccc(C(=O)N2CCN3C(CNS3(=O)=O)C2)cc1. The van der Waals surface area contributed by atoms with Gasteiger partial charge in [-0.25, -0.2) is 4.72 Å². The first kappa shape index (κ1) is 17.6. The van der Waals surface area contributed by atoms with Crippen molar-refractivity contribution in [3.63, 3.8) is 0 Å². The highest BCUT2D eigenvalue weighted by Gasteiger charge is 2.41. The van der Waals surface area contributed by atoms with E-state index in [0.717, 1.165) is 0 Å². The predicted molar refractivity (Wildman–Crippen MR) is 93.4 cm³/mol. The second kappa shape index (κ2) is 6.58. The van der Waals surface area contributed by atoms with Gasteiger partial charge in [0, 0.05) is 44.5 Å². The smallest absolute Gasteiger partial charge is 0.279 e. The Hall–Kier alpha value is -2.23. The van der Waals surface area contributed by atoms with Crippen LogP contribution in [0.25, 0.3) is 0 Å². The summed E-state index contributed by atoms with van der Waals surface area (Å²) in [4.78, 5) is 27.4. The number of carbonyl (C=O) groups is 2. The molecule has 0 saturated carbocycles. The second-order valence-electron chi connectivity index (χ2n) is 6.02. The molecule has 2 fully saturated rings. The van der Waals surface area contributed by atoms with Crippen molar-refractivity contribution in [2.45, 2.75) is 6.04 Å². The van der Waals surface area contributed by atoms with Gasteiger partial charge < -0.3 is 9.80 Å². The maximum atomic E-state index is 12.7. The summed E-state index contributed by atoms with van der Waals surface area (Å²) in [7, 11) is -1.75. The third-order valence-corrected chi connectivity index (χ3v) is 6.16. The van der Waals surface area contributed by atoms with Gasteiger partial charge in [0.15, 0.2) is 0 Å². The highest BCUT2D eigenvalue weighted by molar-refractivity contribution is 7.87. The van der Waals surface area contributed by atoms with E-state index in [0.29, 0.717) is 37.4 Å². The van der Waals surface area contributed by atoms with Crippen LogP contribution in [0, 0.1) is 0 Å². The molecule has 0 spiro atoms. The molecule has 1 N–H and O–H groups in total. The molecule has 134 valence electrons. The molecule has 1 unspecified atom stereocenters. The van der Waals surface area contributed by atoms with Crippen molar-refractivity contribution >= 4 is 27.7 Å². The lowest BCUT2D eigenvalue weighted by atomic mass is 10.1. The zero-order valence-electron chi connectivity index (χ0n) is 13.9. The molecule has 8 nitrogen and oxygen atoms in total. The molecule has 3 rings (SSSR count). The molecule has 2 saturated heterocycles. The third kappa shape index (κ3) is 3.30. The quantitative estimate of drug-likeness (QED) is 0.753. The average Bonchev–Trinajstić information content (AvgIpc) is 2.94. The summed E-state index contributed by atoms with van der Waals surface area (Å²) < 4.78 is 27.5. The Morgan fingerprint density at radius 2 is 1.96 bits per heavy atom. The maximum Gasteiger partial charge on any atom is 0.279 e. The van der Waals surface area contributed by atoms with Crippen molar-refractivity contribution in [2.24, 2.45) is 0 Å². The monoisotopic (exact) mass is 364 g/mol. The van der Waals surface area contributed by atoms with E-state index in [1.165, 1.54) is 15.3 Å². The molecule has 0 aliphatic carbocycles. The topological polar surface area (TPSA) is 90.0 Å². The number of benzene rings is 1. The van der Waals surface area contributed by atoms with Gasteiger partial charge in [0.2, 0.25) is 5.91 Å². The lowest BCUT2D eigenvalue weighted by molar-refractivity contribution is -0.113. The molecule has 25 heavy (non-hydrogen) atoms. The fraction of sp³-hybridized carbons (Fsp3) is 0.375. The van der Waals surface area contributed by atoms with Crippen molar-refractivity contribution in [3.05, 3.63) is 42.5 Å². The summed E-state index contributed by atoms with van der Waals surface area (Å²) in [5.41, 5.74) is 1.17. The zero-order chi connectivity index (χ0) is 18.2. The molecule has 2 aliphatic rings. The number of fused-ring (bicyclic) bond motifs is 1. The molecule has 0 bridgehead atoms. The first-order valence-corrected chi connectivity index (χ1v) is 9.33. The number of nitrogens with zero attached hydrogens (tertiary/aromatic N) is 3. The Labute approximate surface area is 146 Å². The van der Waals surface area contributed by atoms with Crippen LogP contribution in [0.2, 0.25) is 0 Å². The van der Waals surface area contributed by atoms with Crippen LogP contribution in [0.3, 0.4) is 0 Å². The molecule has 2 amide bonds. The van der Waals surface area contributed by atoms with Crippen molar-refractivity contribution in [3.8, 4) is 0 Å². The van der Waals surface area contributed by atoms with E-state index in [9.17, 15) is 18.0 Å². The minimum atomic E-state index is -3.39. The van der Waals surface area contributed by atoms with Crippen LogP contribution in [-0.4, -0.2) is 68.7 Å². The van der Waals surface area contributed by atoms with E-state index in [2.05, 4.69) is 11.3 Å². The van der Waals surface area contributed by atoms with Gasteiger partial charge in [0.1, 0.15) is 0 Å². The molecule has 1 aromatic rings. The van der Waals surface area contributed by atoms with E-state index in [1.54, 1.807) is 36.2 Å². The number of carbonyl (C=O) groups excluding carboxylic acids is 2. The van der Waals surface area contributed by atoms with Crippen LogP contribution in [-0.2, 0) is 15.0 Å². The first-order chi connectivity index (χ1) is 11.8. The van der Waals surface area contributed by atoms with Gasteiger partial charge in [-0.15, -0.1) is 0 Å². The molecular formula is C16H20N4O4S. The standard InChI is InChI=1S/C16H20N4O4S/c1-3-15(21)18(2)13-6-4-12(5-7-13)16(22)19-8-9-20-14(11-19)10-17-25(20,23)24/h3-7,14,17H,1,8-11H2,2H3. The van der Waals surface area contributed by atoms with E-state index < -0.39 is 10.2 Å². The maximum absolute atomic E-state index is 12.7. The summed E-state index contributed by atoms with van der Waals surface area (Å²) in [6.45, 7) is 4.77. The van der Waals surface area contributed by atoms with Gasteiger partial charge in [-0.3, -0.25) is 9.59 Å². The first-order valence-electron chi connectivity index (χ1n) is 7.89. The Bertz CT molecular complexity index is 806. The summed E-state index contributed by atoms with van der Waals surface area (Å²) in [6, 6.07) is 6.51. The van der Waals surface area contributed by atoms with Gasteiger partial charge in [0.25, 0.3) is 16.1 Å². The Balaban J connectivity index is 1.70.